The second-order valence-corrected chi connectivity index (χ2v) is 3.42. The maximum absolute atomic E-state index is 5.66. The first-order chi connectivity index (χ1) is 6.76. The zero-order valence-corrected chi connectivity index (χ0v) is 8.87. The fraction of sp³-hybridized carbons (Fsp3) is 0.556. The molecule has 1 aromatic rings. The number of aromatic nitrogens is 2. The van der Waals surface area contributed by atoms with Gasteiger partial charge in [0.05, 0.1) is 6.61 Å². The number of rotatable bonds is 5. The summed E-state index contributed by atoms with van der Waals surface area (Å²) in [4.78, 5) is 8.00. The van der Waals surface area contributed by atoms with Crippen LogP contribution in [0.4, 0.5) is 0 Å². The molecule has 0 aliphatic rings. The summed E-state index contributed by atoms with van der Waals surface area (Å²) in [5.41, 5.74) is 6.47. The second-order valence-electron chi connectivity index (χ2n) is 3.11. The van der Waals surface area contributed by atoms with Gasteiger partial charge in [0.2, 0.25) is 0 Å². The van der Waals surface area contributed by atoms with Gasteiger partial charge < -0.3 is 10.5 Å². The summed E-state index contributed by atoms with van der Waals surface area (Å²) >= 11 is 5.66. The van der Waals surface area contributed by atoms with Crippen LogP contribution in [0.2, 0.25) is 0 Å². The van der Waals surface area contributed by atoms with Crippen molar-refractivity contribution in [3.8, 4) is 6.01 Å². The molecule has 1 unspecified atom stereocenters. The molecule has 0 radical (unpaired) electrons. The number of hydrogen-bond acceptors (Lipinski definition) is 4. The minimum Gasteiger partial charge on any atom is -0.463 e. The van der Waals surface area contributed by atoms with Gasteiger partial charge in [0.15, 0.2) is 0 Å². The van der Waals surface area contributed by atoms with Gasteiger partial charge in [-0.25, -0.2) is 9.97 Å². The minimum atomic E-state index is 0.154. The van der Waals surface area contributed by atoms with Gasteiger partial charge in [-0.05, 0) is 19.0 Å². The molecule has 0 fully saturated rings. The van der Waals surface area contributed by atoms with Crippen molar-refractivity contribution in [2.24, 2.45) is 11.7 Å². The Morgan fingerprint density at radius 2 is 2.14 bits per heavy atom. The van der Waals surface area contributed by atoms with Gasteiger partial charge in [-0.3, -0.25) is 0 Å². The quantitative estimate of drug-likeness (QED) is 0.744. The van der Waals surface area contributed by atoms with Crippen molar-refractivity contribution in [1.82, 2.24) is 9.97 Å². The van der Waals surface area contributed by atoms with Crippen LogP contribution in [0, 0.1) is 12.8 Å². The Morgan fingerprint density at radius 3 is 2.64 bits per heavy atom. The van der Waals surface area contributed by atoms with E-state index in [2.05, 4.69) is 9.97 Å². The van der Waals surface area contributed by atoms with E-state index in [0.29, 0.717) is 25.0 Å². The van der Waals surface area contributed by atoms with Crippen molar-refractivity contribution in [3.63, 3.8) is 0 Å². The van der Waals surface area contributed by atoms with Crippen molar-refractivity contribution < 1.29 is 4.74 Å². The third-order valence-corrected chi connectivity index (χ3v) is 2.19. The molecule has 0 saturated heterocycles. The molecular weight excluding hydrogens is 202 g/mol. The van der Waals surface area contributed by atoms with Crippen molar-refractivity contribution in [2.45, 2.75) is 6.92 Å². The molecule has 5 heteroatoms. The maximum atomic E-state index is 5.66. The number of alkyl halides is 1. The van der Waals surface area contributed by atoms with Crippen LogP contribution in [0.5, 0.6) is 6.01 Å². The molecular formula is C9H14ClN3O. The lowest BCUT2D eigenvalue weighted by Gasteiger charge is -2.10. The lowest BCUT2D eigenvalue weighted by Crippen LogP contribution is -2.23. The summed E-state index contributed by atoms with van der Waals surface area (Å²) < 4.78 is 5.32. The van der Waals surface area contributed by atoms with E-state index < -0.39 is 0 Å². The molecule has 0 bridgehead atoms. The third-order valence-electron chi connectivity index (χ3n) is 1.76. The molecule has 0 amide bonds. The van der Waals surface area contributed by atoms with Gasteiger partial charge in [0.25, 0.3) is 0 Å². The Balaban J connectivity index is 2.41. The maximum Gasteiger partial charge on any atom is 0.316 e. The summed E-state index contributed by atoms with van der Waals surface area (Å²) in [6, 6.07) is 0.374. The van der Waals surface area contributed by atoms with Crippen molar-refractivity contribution in [3.05, 3.63) is 18.0 Å². The topological polar surface area (TPSA) is 61.0 Å². The SMILES string of the molecule is Cc1cnc(OCC(CN)CCl)nc1. The predicted octanol–water partition coefficient (Wildman–Crippen LogP) is 0.978. The highest BCUT2D eigenvalue weighted by Crippen LogP contribution is 2.04. The number of nitrogens with two attached hydrogens (primary N) is 1. The van der Waals surface area contributed by atoms with Crippen LogP contribution in [-0.2, 0) is 0 Å². The first kappa shape index (κ1) is 11.2. The molecule has 1 rings (SSSR count). The summed E-state index contributed by atoms with van der Waals surface area (Å²) in [6.07, 6.45) is 3.42. The Morgan fingerprint density at radius 1 is 1.50 bits per heavy atom. The Hall–Kier alpha value is -0.870. The van der Waals surface area contributed by atoms with Gasteiger partial charge in [0, 0.05) is 24.2 Å². The van der Waals surface area contributed by atoms with Gasteiger partial charge in [-0.15, -0.1) is 11.6 Å². The van der Waals surface area contributed by atoms with Crippen LogP contribution in [0.1, 0.15) is 5.56 Å². The molecule has 0 aromatic carbocycles. The molecule has 78 valence electrons. The largest absolute Gasteiger partial charge is 0.463 e. The lowest BCUT2D eigenvalue weighted by atomic mass is 10.2. The number of nitrogens with zero attached hydrogens (tertiary/aromatic N) is 2. The Kier molecular flexibility index (Phi) is 4.62. The Bertz CT molecular complexity index is 261. The first-order valence-electron chi connectivity index (χ1n) is 4.43. The van der Waals surface area contributed by atoms with Crippen LogP contribution < -0.4 is 10.5 Å². The van der Waals surface area contributed by atoms with E-state index in [1.165, 1.54) is 0 Å². The smallest absolute Gasteiger partial charge is 0.316 e. The van der Waals surface area contributed by atoms with E-state index in [1.54, 1.807) is 12.4 Å². The molecule has 0 aliphatic heterocycles. The van der Waals surface area contributed by atoms with E-state index >= 15 is 0 Å². The molecule has 0 saturated carbocycles. The summed E-state index contributed by atoms with van der Waals surface area (Å²) in [7, 11) is 0. The van der Waals surface area contributed by atoms with Gasteiger partial charge in [-0.2, -0.15) is 0 Å². The third kappa shape index (κ3) is 3.47. The molecule has 1 aromatic heterocycles. The highest BCUT2D eigenvalue weighted by Gasteiger charge is 2.06. The van der Waals surface area contributed by atoms with Gasteiger partial charge in [-0.1, -0.05) is 0 Å². The van der Waals surface area contributed by atoms with Crippen LogP contribution in [0.15, 0.2) is 12.4 Å². The average molecular weight is 216 g/mol. The molecule has 4 nitrogen and oxygen atoms in total. The van der Waals surface area contributed by atoms with Gasteiger partial charge in [0.1, 0.15) is 0 Å². The first-order valence-corrected chi connectivity index (χ1v) is 4.97. The van der Waals surface area contributed by atoms with E-state index in [4.69, 9.17) is 22.1 Å². The zero-order valence-electron chi connectivity index (χ0n) is 8.11. The molecule has 0 aliphatic carbocycles. The zero-order chi connectivity index (χ0) is 10.4. The van der Waals surface area contributed by atoms with Crippen LogP contribution in [0.25, 0.3) is 0 Å². The van der Waals surface area contributed by atoms with Crippen LogP contribution >= 0.6 is 11.6 Å². The normalized spacial score (nSPS) is 12.5. The van der Waals surface area contributed by atoms with E-state index in [-0.39, 0.29) is 5.92 Å². The molecule has 1 heterocycles. The van der Waals surface area contributed by atoms with Crippen molar-refractivity contribution in [1.29, 1.82) is 0 Å². The van der Waals surface area contributed by atoms with Crippen molar-refractivity contribution in [2.75, 3.05) is 19.0 Å². The Labute approximate surface area is 88.5 Å². The fourth-order valence-electron chi connectivity index (χ4n) is 0.823. The van der Waals surface area contributed by atoms with Crippen LogP contribution in [0.3, 0.4) is 0 Å². The second kappa shape index (κ2) is 5.78. The minimum absolute atomic E-state index is 0.154. The summed E-state index contributed by atoms with van der Waals surface area (Å²) in [5.74, 6) is 0.643. The molecule has 0 spiro atoms. The predicted molar refractivity (Wildman–Crippen MR) is 55.5 cm³/mol. The van der Waals surface area contributed by atoms with Crippen LogP contribution in [-0.4, -0.2) is 29.0 Å². The van der Waals surface area contributed by atoms with E-state index in [9.17, 15) is 0 Å². The molecule has 14 heavy (non-hydrogen) atoms. The number of ether oxygens (including phenoxy) is 1. The highest BCUT2D eigenvalue weighted by molar-refractivity contribution is 6.18. The monoisotopic (exact) mass is 215 g/mol. The summed E-state index contributed by atoms with van der Waals surface area (Å²) in [6.45, 7) is 2.89. The number of aryl methyl sites for hydroxylation is 1. The van der Waals surface area contributed by atoms with E-state index in [1.807, 2.05) is 6.92 Å². The number of halogens is 1. The van der Waals surface area contributed by atoms with Crippen molar-refractivity contribution >= 4 is 11.6 Å². The van der Waals surface area contributed by atoms with Gasteiger partial charge >= 0.3 is 6.01 Å². The average Bonchev–Trinajstić information content (AvgIpc) is 2.22. The lowest BCUT2D eigenvalue weighted by molar-refractivity contribution is 0.246. The number of hydrogen-bond donors (Lipinski definition) is 1. The molecule has 2 N–H and O–H groups in total. The standard InChI is InChI=1S/C9H14ClN3O/c1-7-4-12-9(13-5-7)14-6-8(2-10)3-11/h4-5,8H,2-3,6,11H2,1H3. The molecule has 1 atom stereocenters. The van der Waals surface area contributed by atoms with E-state index in [0.717, 1.165) is 5.56 Å². The fourth-order valence-corrected chi connectivity index (χ4v) is 1.04. The summed E-state index contributed by atoms with van der Waals surface area (Å²) in [5, 5.41) is 0. The highest BCUT2D eigenvalue weighted by atomic mass is 35.5.